The maximum atomic E-state index is 5.19. The van der Waals surface area contributed by atoms with Gasteiger partial charge in [-0.3, -0.25) is 0 Å². The number of fused-ring (bicyclic) bond motifs is 30. The van der Waals surface area contributed by atoms with Gasteiger partial charge in [0.05, 0.1) is 69.6 Å². The fourth-order valence-corrected chi connectivity index (χ4v) is 26.6. The van der Waals surface area contributed by atoms with Gasteiger partial charge in [-0.25, -0.2) is 19.9 Å². The molecule has 0 aliphatic heterocycles. The second kappa shape index (κ2) is 28.5. The first-order valence-electron chi connectivity index (χ1n) is 44.4. The van der Waals surface area contributed by atoms with Gasteiger partial charge in [-0.05, 0) is 156 Å². The highest BCUT2D eigenvalue weighted by Gasteiger charge is 2.43. The molecule has 10 heteroatoms. The molecule has 0 atom stereocenters. The minimum absolute atomic E-state index is 0.00233. The van der Waals surface area contributed by atoms with Crippen LogP contribution < -0.4 is 0 Å². The van der Waals surface area contributed by atoms with Gasteiger partial charge in [0.25, 0.3) is 0 Å². The molecule has 0 fully saturated rings. The number of thiophene rings is 3. The zero-order chi connectivity index (χ0) is 85.9. The lowest BCUT2D eigenvalue weighted by Gasteiger charge is -2.21. The van der Waals surface area contributed by atoms with E-state index in [0.717, 1.165) is 78.5 Å². The lowest BCUT2D eigenvalue weighted by atomic mass is 9.81. The van der Waals surface area contributed by atoms with Crippen molar-refractivity contribution >= 4 is 162 Å². The Kier molecular flexibility index (Phi) is 16.6. The van der Waals surface area contributed by atoms with Gasteiger partial charge in [0.1, 0.15) is 0 Å². The van der Waals surface area contributed by atoms with E-state index < -0.39 is 0 Å². The molecular weight excluding hydrogens is 1620 g/mol. The van der Waals surface area contributed by atoms with Crippen LogP contribution in [0.4, 0.5) is 0 Å². The normalized spacial score (nSPS) is 13.7. The molecule has 25 aromatic rings. The van der Waals surface area contributed by atoms with Gasteiger partial charge < -0.3 is 13.7 Å². The van der Waals surface area contributed by atoms with Gasteiger partial charge in [0.2, 0.25) is 0 Å². The molecular formula is C119H81N7S3. The molecule has 17 aromatic carbocycles. The van der Waals surface area contributed by atoms with Crippen LogP contribution in [-0.4, -0.2) is 33.6 Å². The van der Waals surface area contributed by atoms with Crippen molar-refractivity contribution in [3.05, 3.63) is 416 Å². The number of para-hydroxylation sites is 5. The summed E-state index contributed by atoms with van der Waals surface area (Å²) >= 11 is 5.85. The molecule has 0 saturated heterocycles. The average Bonchev–Trinajstić information content (AvgIpc) is 1.54. The van der Waals surface area contributed by atoms with Gasteiger partial charge in [0.15, 0.2) is 11.6 Å². The SMILES string of the molecule is CC1(C)c2ccccc2-c2sc3c(ccc4c5ccccc5n(-c5ccc(-c6nc(-c7ccccc7)c7ccccc7n6)cc5)c43)c21.CC1(C)c2ccccc2-c2sc3c(ccc4c5ccccc5n(-c5ccc6ccccc6c5)c43)c21.CC1(C)c2ccccc2-c2sc3c(ccc4c5ccccc5n(-c5cccc(-c6nc(-c7ccccc7)c7ccccc7n6)c5)c43)c21. The van der Waals surface area contributed by atoms with Gasteiger partial charge in [-0.2, -0.15) is 0 Å². The molecule has 7 nitrogen and oxygen atoms in total. The van der Waals surface area contributed by atoms with E-state index in [-0.39, 0.29) is 16.2 Å². The van der Waals surface area contributed by atoms with Crippen LogP contribution in [0, 0.1) is 0 Å². The summed E-state index contributed by atoms with van der Waals surface area (Å²) in [6.45, 7) is 14.3. The fraction of sp³-hybridized carbons (Fsp3) is 0.0756. The average molecular weight is 1710 g/mol. The Bertz CT molecular complexity index is 9040. The summed E-state index contributed by atoms with van der Waals surface area (Å²) < 4.78 is 11.5. The van der Waals surface area contributed by atoms with E-state index in [0.29, 0.717) is 0 Å². The molecule has 8 aromatic heterocycles. The molecule has 3 aliphatic rings. The predicted molar refractivity (Wildman–Crippen MR) is 547 cm³/mol. The molecule has 129 heavy (non-hydrogen) atoms. The second-order valence-electron chi connectivity index (χ2n) is 36.2. The third-order valence-corrected chi connectivity index (χ3v) is 31.7. The Morgan fingerprint density at radius 2 is 0.558 bits per heavy atom. The first kappa shape index (κ1) is 75.3. The monoisotopic (exact) mass is 1700 g/mol. The van der Waals surface area contributed by atoms with E-state index in [1.807, 2.05) is 58.3 Å². The minimum Gasteiger partial charge on any atom is -0.308 e. The van der Waals surface area contributed by atoms with E-state index in [1.54, 1.807) is 0 Å². The minimum atomic E-state index is -0.0570. The van der Waals surface area contributed by atoms with Gasteiger partial charge in [-0.15, -0.1) is 34.0 Å². The Morgan fingerprint density at radius 3 is 1.00 bits per heavy atom. The quantitative estimate of drug-likeness (QED) is 0.159. The molecule has 0 N–H and O–H groups in total. The maximum absolute atomic E-state index is 5.19. The van der Waals surface area contributed by atoms with Crippen molar-refractivity contribution in [1.29, 1.82) is 0 Å². The van der Waals surface area contributed by atoms with Crippen LogP contribution in [0.2, 0.25) is 0 Å². The van der Waals surface area contributed by atoms with E-state index in [2.05, 4.69) is 413 Å². The molecule has 3 aliphatic carbocycles. The standard InChI is InChI=1S/2C43H29N3S.C33H23NS/c1-43(2)34-20-9-6-18-31(34)40-37(43)33-24-23-30-29-17-8-11-22-36(29)46(39(30)41(33)47-40)28-16-12-15-27(25-28)42-44-35-21-10-7-19-32(35)38(45-42)26-13-4-3-5-14-26;1-43(2)34-17-9-6-15-31(34)40-37(43)33-25-24-30-29-14-8-11-19-36(29)46(39(30)41(33)47-40)28-22-20-27(21-23-28)42-44-35-18-10-7-16-32(35)38(45-42)26-12-4-3-5-13-26;1-33(2)27-13-7-5-12-25(27)31-29(33)26-18-17-24-23-11-6-8-14-28(23)34(30(24)32(26)35-31)22-16-15-20-9-3-4-10-21(20)19-22/h2*3-25H,1-2H3;3-19H,1-2H3. The highest BCUT2D eigenvalue weighted by Crippen LogP contribution is 2.61. The summed E-state index contributed by atoms with van der Waals surface area (Å²) in [7, 11) is 0. The summed E-state index contributed by atoms with van der Waals surface area (Å²) in [5, 5.41) is 16.5. The van der Waals surface area contributed by atoms with Crippen LogP contribution in [0.5, 0.6) is 0 Å². The van der Waals surface area contributed by atoms with E-state index >= 15 is 0 Å². The lowest BCUT2D eigenvalue weighted by molar-refractivity contribution is 0.667. The van der Waals surface area contributed by atoms with Crippen molar-refractivity contribution in [2.24, 2.45) is 0 Å². The molecule has 0 spiro atoms. The van der Waals surface area contributed by atoms with Crippen LogP contribution >= 0.6 is 34.0 Å². The largest absolute Gasteiger partial charge is 0.308 e. The van der Waals surface area contributed by atoms with Crippen molar-refractivity contribution in [2.75, 3.05) is 0 Å². The van der Waals surface area contributed by atoms with Crippen LogP contribution in [0.15, 0.2) is 382 Å². The predicted octanol–water partition coefficient (Wildman–Crippen LogP) is 32.6. The van der Waals surface area contributed by atoms with Crippen molar-refractivity contribution in [3.8, 4) is 93.7 Å². The first-order chi connectivity index (χ1) is 63.3. The van der Waals surface area contributed by atoms with Crippen LogP contribution in [-0.2, 0) is 16.2 Å². The number of hydrogen-bond acceptors (Lipinski definition) is 7. The summed E-state index contributed by atoms with van der Waals surface area (Å²) in [5.74, 6) is 1.46. The Hall–Kier alpha value is -15.0. The van der Waals surface area contributed by atoms with Crippen LogP contribution in [0.1, 0.15) is 74.9 Å². The van der Waals surface area contributed by atoms with Crippen molar-refractivity contribution < 1.29 is 0 Å². The highest BCUT2D eigenvalue weighted by atomic mass is 32.1. The van der Waals surface area contributed by atoms with Crippen LogP contribution in [0.3, 0.4) is 0 Å². The smallest absolute Gasteiger partial charge is 0.160 e. The zero-order valence-corrected chi connectivity index (χ0v) is 74.2. The fourth-order valence-electron chi connectivity index (χ4n) is 22.0. The number of rotatable bonds is 7. The second-order valence-corrected chi connectivity index (χ2v) is 39.3. The van der Waals surface area contributed by atoms with Crippen molar-refractivity contribution in [3.63, 3.8) is 0 Å². The number of hydrogen-bond donors (Lipinski definition) is 0. The third-order valence-electron chi connectivity index (χ3n) is 27.9. The molecule has 0 radical (unpaired) electrons. The van der Waals surface area contributed by atoms with Crippen molar-refractivity contribution in [1.82, 2.24) is 33.6 Å². The molecule has 0 unspecified atom stereocenters. The number of nitrogens with zero attached hydrogens (tertiary/aromatic N) is 7. The summed E-state index contributed by atoms with van der Waals surface area (Å²) in [6.07, 6.45) is 0. The highest BCUT2D eigenvalue weighted by molar-refractivity contribution is 7.24. The Labute approximate surface area is 757 Å². The molecule has 28 rings (SSSR count). The van der Waals surface area contributed by atoms with Crippen molar-refractivity contribution in [2.45, 2.75) is 57.8 Å². The number of aromatic nitrogens is 7. The summed E-state index contributed by atoms with van der Waals surface area (Å²) in [6, 6.07) is 138. The van der Waals surface area contributed by atoms with E-state index in [1.165, 1.54) is 177 Å². The molecule has 8 heterocycles. The summed E-state index contributed by atoms with van der Waals surface area (Å²) in [4.78, 5) is 24.6. The van der Waals surface area contributed by atoms with Gasteiger partial charge in [-0.1, -0.05) is 345 Å². The molecule has 0 bridgehead atoms. The maximum Gasteiger partial charge on any atom is 0.160 e. The summed E-state index contributed by atoms with van der Waals surface area (Å²) in [5.41, 5.74) is 31.6. The lowest BCUT2D eigenvalue weighted by Crippen LogP contribution is -2.14. The van der Waals surface area contributed by atoms with Crippen LogP contribution in [0.25, 0.3) is 222 Å². The van der Waals surface area contributed by atoms with Gasteiger partial charge >= 0.3 is 0 Å². The van der Waals surface area contributed by atoms with Gasteiger partial charge in [0, 0.05) is 113 Å². The molecule has 0 saturated carbocycles. The zero-order valence-electron chi connectivity index (χ0n) is 71.7. The van der Waals surface area contributed by atoms with E-state index in [9.17, 15) is 0 Å². The molecule has 0 amide bonds. The third kappa shape index (κ3) is 11.2. The van der Waals surface area contributed by atoms with E-state index in [4.69, 9.17) is 19.9 Å². The molecule has 610 valence electrons. The first-order valence-corrected chi connectivity index (χ1v) is 46.9. The number of benzene rings is 17. The Morgan fingerprint density at radius 1 is 0.225 bits per heavy atom. The topological polar surface area (TPSA) is 66.3 Å². The Balaban J connectivity index is 0.000000103.